The van der Waals surface area contributed by atoms with E-state index in [4.69, 9.17) is 14.2 Å². The van der Waals surface area contributed by atoms with E-state index < -0.39 is 20.6 Å². The number of esters is 1. The molecule has 7 nitrogen and oxygen atoms in total. The van der Waals surface area contributed by atoms with Gasteiger partial charge in [0.2, 0.25) is 0 Å². The second-order valence-electron chi connectivity index (χ2n) is 7.52. The molecule has 0 saturated carbocycles. The van der Waals surface area contributed by atoms with Gasteiger partial charge in [-0.1, -0.05) is 12.1 Å². The highest BCUT2D eigenvalue weighted by atomic mass is 32.2. The Morgan fingerprint density at radius 3 is 1.94 bits per heavy atom. The predicted molar refractivity (Wildman–Crippen MR) is 117 cm³/mol. The number of nitrogens with zero attached hydrogens (tertiary/aromatic N) is 1. The topological polar surface area (TPSA) is 82.1 Å². The number of methoxy groups -OCH3 is 2. The average Bonchev–Trinajstić information content (AvgIpc) is 2.80. The molecule has 1 aliphatic rings. The van der Waals surface area contributed by atoms with Crippen LogP contribution in [0.5, 0.6) is 11.5 Å². The summed E-state index contributed by atoms with van der Waals surface area (Å²) in [6, 6.07) is 13.9. The Hall–Kier alpha value is -2.58. The Labute approximate surface area is 183 Å². The molecule has 3 rings (SSSR count). The van der Waals surface area contributed by atoms with Crippen molar-refractivity contribution in [3.05, 3.63) is 54.1 Å². The van der Waals surface area contributed by atoms with Gasteiger partial charge in [0, 0.05) is 19.6 Å². The zero-order chi connectivity index (χ0) is 22.5. The molecule has 8 heteroatoms. The van der Waals surface area contributed by atoms with E-state index >= 15 is 0 Å². The first-order valence-electron chi connectivity index (χ1n) is 10.3. The third-order valence-electron chi connectivity index (χ3n) is 5.76. The molecule has 0 bridgehead atoms. The number of likely N-dealkylation sites (tertiary alicyclic amines) is 1. The number of benzene rings is 2. The lowest BCUT2D eigenvalue weighted by atomic mass is 9.95. The van der Waals surface area contributed by atoms with Crippen molar-refractivity contribution in [3.8, 4) is 11.5 Å². The number of hydrogen-bond donors (Lipinski definition) is 0. The van der Waals surface area contributed by atoms with Crippen molar-refractivity contribution < 1.29 is 27.4 Å². The van der Waals surface area contributed by atoms with Gasteiger partial charge in [0.25, 0.3) is 0 Å². The van der Waals surface area contributed by atoms with E-state index in [2.05, 4.69) is 4.90 Å². The zero-order valence-corrected chi connectivity index (χ0v) is 19.0. The van der Waals surface area contributed by atoms with Crippen LogP contribution >= 0.6 is 0 Å². The maximum Gasteiger partial charge on any atom is 0.327 e. The van der Waals surface area contributed by atoms with Gasteiger partial charge in [-0.25, -0.2) is 8.42 Å². The first-order chi connectivity index (χ1) is 14.9. The molecule has 0 unspecified atom stereocenters. The van der Waals surface area contributed by atoms with Crippen molar-refractivity contribution in [3.63, 3.8) is 0 Å². The number of rotatable bonds is 8. The molecule has 0 aromatic heterocycles. The molecule has 1 aliphatic heterocycles. The summed E-state index contributed by atoms with van der Waals surface area (Å²) in [5, 5.41) is 0. The largest absolute Gasteiger partial charge is 0.497 e. The smallest absolute Gasteiger partial charge is 0.327 e. The van der Waals surface area contributed by atoms with Crippen molar-refractivity contribution in [1.29, 1.82) is 0 Å². The van der Waals surface area contributed by atoms with Crippen molar-refractivity contribution >= 4 is 15.8 Å². The molecule has 1 heterocycles. The van der Waals surface area contributed by atoms with E-state index in [1.807, 2.05) is 24.3 Å². The van der Waals surface area contributed by atoms with Crippen LogP contribution in [0.1, 0.15) is 25.3 Å². The van der Waals surface area contributed by atoms with Crippen molar-refractivity contribution in [1.82, 2.24) is 4.90 Å². The summed E-state index contributed by atoms with van der Waals surface area (Å²) in [6.45, 7) is 3.44. The minimum atomic E-state index is -3.95. The predicted octanol–water partition coefficient (Wildman–Crippen LogP) is 3.08. The molecule has 0 atom stereocenters. The summed E-state index contributed by atoms with van der Waals surface area (Å²) in [5.41, 5.74) is 1.10. The molecule has 0 N–H and O–H groups in total. The van der Waals surface area contributed by atoms with E-state index in [0.29, 0.717) is 25.4 Å². The lowest BCUT2D eigenvalue weighted by molar-refractivity contribution is -0.147. The van der Waals surface area contributed by atoms with Gasteiger partial charge in [0.05, 0.1) is 25.7 Å². The van der Waals surface area contributed by atoms with Gasteiger partial charge in [0.1, 0.15) is 11.5 Å². The van der Waals surface area contributed by atoms with Crippen molar-refractivity contribution in [2.45, 2.75) is 36.0 Å². The first-order valence-corrected chi connectivity index (χ1v) is 11.8. The average molecular weight is 448 g/mol. The van der Waals surface area contributed by atoms with E-state index in [1.165, 1.54) is 19.2 Å². The van der Waals surface area contributed by atoms with E-state index in [1.54, 1.807) is 26.2 Å². The molecular weight excluding hydrogens is 418 g/mol. The van der Waals surface area contributed by atoms with E-state index in [9.17, 15) is 13.2 Å². The van der Waals surface area contributed by atoms with Gasteiger partial charge >= 0.3 is 5.97 Å². The van der Waals surface area contributed by atoms with E-state index in [-0.39, 0.29) is 24.3 Å². The lowest BCUT2D eigenvalue weighted by Crippen LogP contribution is -2.54. The fraction of sp³-hybridized carbons (Fsp3) is 0.435. The van der Waals surface area contributed by atoms with Gasteiger partial charge in [0.15, 0.2) is 14.6 Å². The standard InChI is InChI=1S/C23H29NO6S/c1-4-30-22(25)23(31(26,27)21-11-9-20(29-3)10-12-21)13-15-24(16-14-23)17-18-5-7-19(28-2)8-6-18/h5-12H,4,13-17H2,1-3H3. The normalized spacial score (nSPS) is 16.5. The number of carbonyl (C=O) groups excluding carboxylic acids is 1. The van der Waals surface area contributed by atoms with Crippen LogP contribution in [0.25, 0.3) is 0 Å². The third kappa shape index (κ3) is 4.70. The molecule has 2 aromatic carbocycles. The number of ether oxygens (including phenoxy) is 3. The maximum atomic E-state index is 13.6. The van der Waals surface area contributed by atoms with E-state index in [0.717, 1.165) is 11.3 Å². The third-order valence-corrected chi connectivity index (χ3v) is 8.26. The Balaban J connectivity index is 1.82. The number of piperidine rings is 1. The Bertz CT molecular complexity index is 978. The molecule has 0 spiro atoms. The molecule has 0 aliphatic carbocycles. The van der Waals surface area contributed by atoms with Crippen LogP contribution in [0.15, 0.2) is 53.4 Å². The number of hydrogen-bond acceptors (Lipinski definition) is 7. The second kappa shape index (κ2) is 9.70. The van der Waals surface area contributed by atoms with Gasteiger partial charge < -0.3 is 14.2 Å². The molecule has 168 valence electrons. The minimum absolute atomic E-state index is 0.102. The highest BCUT2D eigenvalue weighted by Crippen LogP contribution is 2.37. The molecule has 0 amide bonds. The monoisotopic (exact) mass is 447 g/mol. The van der Waals surface area contributed by atoms with Crippen molar-refractivity contribution in [2.75, 3.05) is 33.9 Å². The van der Waals surface area contributed by atoms with Crippen molar-refractivity contribution in [2.24, 2.45) is 0 Å². The molecule has 2 aromatic rings. The minimum Gasteiger partial charge on any atom is -0.497 e. The van der Waals surface area contributed by atoms with Crippen LogP contribution in [0.2, 0.25) is 0 Å². The molecule has 1 saturated heterocycles. The molecule has 0 radical (unpaired) electrons. The Kier molecular flexibility index (Phi) is 7.23. The van der Waals surface area contributed by atoms with Crippen LogP contribution in [0, 0.1) is 0 Å². The SMILES string of the molecule is CCOC(=O)C1(S(=O)(=O)c2ccc(OC)cc2)CCN(Cc2ccc(OC)cc2)CC1. The summed E-state index contributed by atoms with van der Waals surface area (Å²) in [4.78, 5) is 15.2. The quantitative estimate of drug-likeness (QED) is 0.575. The maximum absolute atomic E-state index is 13.6. The summed E-state index contributed by atoms with van der Waals surface area (Å²) in [6.07, 6.45) is 0.354. The fourth-order valence-corrected chi connectivity index (χ4v) is 5.83. The van der Waals surface area contributed by atoms with Gasteiger partial charge in [-0.2, -0.15) is 0 Å². The van der Waals surface area contributed by atoms with Crippen LogP contribution < -0.4 is 9.47 Å². The van der Waals surface area contributed by atoms with Crippen LogP contribution in [0.4, 0.5) is 0 Å². The summed E-state index contributed by atoms with van der Waals surface area (Å²) >= 11 is 0. The van der Waals surface area contributed by atoms with Gasteiger partial charge in [-0.05, 0) is 61.7 Å². The molecular formula is C23H29NO6S. The second-order valence-corrected chi connectivity index (χ2v) is 9.78. The van der Waals surface area contributed by atoms with Gasteiger partial charge in [-0.3, -0.25) is 9.69 Å². The Morgan fingerprint density at radius 2 is 1.45 bits per heavy atom. The highest BCUT2D eigenvalue weighted by Gasteiger charge is 2.54. The lowest BCUT2D eigenvalue weighted by Gasteiger charge is -2.39. The zero-order valence-electron chi connectivity index (χ0n) is 18.2. The summed E-state index contributed by atoms with van der Waals surface area (Å²) in [5.74, 6) is 0.669. The summed E-state index contributed by atoms with van der Waals surface area (Å²) in [7, 11) is -0.810. The highest BCUT2D eigenvalue weighted by molar-refractivity contribution is 7.93. The first kappa shape index (κ1) is 23.1. The Morgan fingerprint density at radius 1 is 0.935 bits per heavy atom. The van der Waals surface area contributed by atoms with Gasteiger partial charge in [-0.15, -0.1) is 0 Å². The number of sulfone groups is 1. The van der Waals surface area contributed by atoms with Crippen LogP contribution in [-0.4, -0.2) is 58.0 Å². The van der Waals surface area contributed by atoms with Crippen LogP contribution in [0.3, 0.4) is 0 Å². The number of carbonyl (C=O) groups is 1. The fourth-order valence-electron chi connectivity index (χ4n) is 3.89. The molecule has 31 heavy (non-hydrogen) atoms. The molecule has 1 fully saturated rings. The summed E-state index contributed by atoms with van der Waals surface area (Å²) < 4.78 is 41.1. The van der Waals surface area contributed by atoms with Crippen LogP contribution in [-0.2, 0) is 25.9 Å².